The van der Waals surface area contributed by atoms with Crippen molar-refractivity contribution < 1.29 is 77.3 Å². The van der Waals surface area contributed by atoms with Crippen LogP contribution in [-0.2, 0) is 75.2 Å². The van der Waals surface area contributed by atoms with Gasteiger partial charge >= 0.3 is 11.9 Å². The number of imide groups is 1. The number of aromatic amines is 1. The lowest BCUT2D eigenvalue weighted by atomic mass is 9.95. The molecule has 1 aromatic carbocycles. The minimum Gasteiger partial charge on any atom is -0.493 e. The number of carbonyl (C=O) groups excluding carboxylic acids is 11. The van der Waals surface area contributed by atoms with Crippen molar-refractivity contribution in [2.45, 2.75) is 119 Å². The third-order valence-corrected chi connectivity index (χ3v) is 15.0. The third kappa shape index (κ3) is 19.2. The van der Waals surface area contributed by atoms with Crippen molar-refractivity contribution in [1.29, 1.82) is 0 Å². The number of nitrogens with zero attached hydrogens (tertiary/aromatic N) is 4. The van der Waals surface area contributed by atoms with Gasteiger partial charge in [0.2, 0.25) is 65.0 Å². The highest BCUT2D eigenvalue weighted by atomic mass is 32.2. The number of likely N-dealkylation sites (tertiary alicyclic amines) is 3. The van der Waals surface area contributed by atoms with E-state index >= 15 is 0 Å². The van der Waals surface area contributed by atoms with Crippen LogP contribution in [0.2, 0.25) is 0 Å². The largest absolute Gasteiger partial charge is 0.493 e. The smallest absolute Gasteiger partial charge is 0.326 e. The van der Waals surface area contributed by atoms with E-state index < -0.39 is 139 Å². The summed E-state index contributed by atoms with van der Waals surface area (Å²) in [4.78, 5) is 178. The van der Waals surface area contributed by atoms with Crippen LogP contribution in [0.4, 0.5) is 0 Å². The third-order valence-electron chi connectivity index (χ3n) is 14.0. The first-order chi connectivity index (χ1) is 39.0. The molecule has 0 radical (unpaired) electrons. The molecule has 30 nitrogen and oxygen atoms in total. The summed E-state index contributed by atoms with van der Waals surface area (Å²) in [7, 11) is 1.78. The zero-order chi connectivity index (χ0) is 60.1. The van der Waals surface area contributed by atoms with E-state index in [-0.39, 0.29) is 69.9 Å². The van der Waals surface area contributed by atoms with Crippen LogP contribution in [0, 0.1) is 0 Å². The number of hydrogen-bond donors (Lipinski definition) is 12. The molecule has 14 N–H and O–H groups in total. The van der Waals surface area contributed by atoms with Crippen LogP contribution in [-0.4, -0.2) is 218 Å². The van der Waals surface area contributed by atoms with Gasteiger partial charge in [0.1, 0.15) is 41.5 Å². The molecule has 3 fully saturated rings. The normalized spacial score (nSPS) is 18.7. The first kappa shape index (κ1) is 64.6. The van der Waals surface area contributed by atoms with Crippen molar-refractivity contribution in [2.75, 3.05) is 64.4 Å². The molecule has 31 heteroatoms. The van der Waals surface area contributed by atoms with Crippen molar-refractivity contribution in [3.05, 3.63) is 48.0 Å². The number of likely N-dealkylation sites (N-methyl/N-ethyl adjacent to an activating group) is 1. The summed E-state index contributed by atoms with van der Waals surface area (Å²) in [5.74, 6) is -9.87. The molecular formula is C51H72N14O16S. The SMILES string of the molecule is CN1CCC[C@H]1C(=O)N[C@H](CSCCOc1ccc(C[C@H](NC(=O)CN)C(=O)N[C@H](Cc2cnc[nH]2)C(=O)N2CCCC2(C)C(=O)N[C@@H](CCC(N)=O)C(=O)NCC(=O)N2CCCC2=O)cc1)C(=O)NCC(=O)N[C@H](CC(=O)O)C(=O)O. The lowest BCUT2D eigenvalue weighted by molar-refractivity contribution is -0.147. The molecule has 0 aliphatic carbocycles. The number of carbonyl (C=O) groups is 13. The van der Waals surface area contributed by atoms with Gasteiger partial charge < -0.3 is 73.5 Å². The Morgan fingerprint density at radius 3 is 2.15 bits per heavy atom. The lowest BCUT2D eigenvalue weighted by Crippen LogP contribution is -2.63. The highest BCUT2D eigenvalue weighted by Gasteiger charge is 2.48. The summed E-state index contributed by atoms with van der Waals surface area (Å²) in [6, 6.07) is -0.799. The Morgan fingerprint density at radius 2 is 1.52 bits per heavy atom. The van der Waals surface area contributed by atoms with Crippen molar-refractivity contribution in [2.24, 2.45) is 11.5 Å². The molecule has 3 saturated heterocycles. The molecule has 11 amide bonds. The van der Waals surface area contributed by atoms with Crippen LogP contribution in [0.1, 0.15) is 76.0 Å². The summed E-state index contributed by atoms with van der Waals surface area (Å²) < 4.78 is 5.92. The number of aromatic nitrogens is 2. The lowest BCUT2D eigenvalue weighted by Gasteiger charge is -2.37. The van der Waals surface area contributed by atoms with E-state index in [4.69, 9.17) is 21.3 Å². The van der Waals surface area contributed by atoms with Crippen LogP contribution < -0.4 is 53.4 Å². The van der Waals surface area contributed by atoms with Crippen molar-refractivity contribution in [3.8, 4) is 5.75 Å². The fraction of sp³-hybridized carbons (Fsp3) is 0.569. The molecule has 82 heavy (non-hydrogen) atoms. The van der Waals surface area contributed by atoms with E-state index in [0.29, 0.717) is 48.6 Å². The van der Waals surface area contributed by atoms with E-state index in [2.05, 4.69) is 41.9 Å². The van der Waals surface area contributed by atoms with E-state index in [1.54, 1.807) is 31.3 Å². The summed E-state index contributed by atoms with van der Waals surface area (Å²) >= 11 is 1.25. The second-order valence-electron chi connectivity index (χ2n) is 20.1. The van der Waals surface area contributed by atoms with Crippen molar-refractivity contribution >= 4 is 88.7 Å². The monoisotopic (exact) mass is 1170 g/mol. The number of imidazole rings is 1. The maximum atomic E-state index is 14.7. The van der Waals surface area contributed by atoms with Gasteiger partial charge in [-0.2, -0.15) is 11.8 Å². The zero-order valence-electron chi connectivity index (χ0n) is 45.5. The van der Waals surface area contributed by atoms with Crippen LogP contribution >= 0.6 is 11.8 Å². The van der Waals surface area contributed by atoms with Crippen LogP contribution in [0.15, 0.2) is 36.8 Å². The van der Waals surface area contributed by atoms with Gasteiger partial charge in [0, 0.05) is 62.2 Å². The van der Waals surface area contributed by atoms with Gasteiger partial charge in [-0.1, -0.05) is 12.1 Å². The summed E-state index contributed by atoms with van der Waals surface area (Å²) in [6.07, 6.45) is 3.62. The number of thioether (sulfide) groups is 1. The minimum absolute atomic E-state index is 0.0457. The molecule has 0 spiro atoms. The number of H-pyrrole nitrogens is 1. The average molecular weight is 1170 g/mol. The van der Waals surface area contributed by atoms with Gasteiger partial charge in [-0.25, -0.2) is 9.78 Å². The molecule has 1 aromatic heterocycles. The van der Waals surface area contributed by atoms with E-state index in [1.807, 2.05) is 10.2 Å². The van der Waals surface area contributed by atoms with Gasteiger partial charge in [-0.05, 0) is 76.7 Å². The molecular weight excluding hydrogens is 1100 g/mol. The maximum absolute atomic E-state index is 14.7. The van der Waals surface area contributed by atoms with Crippen LogP contribution in [0.25, 0.3) is 0 Å². The molecule has 2 aromatic rings. The van der Waals surface area contributed by atoms with E-state index in [9.17, 15) is 67.4 Å². The predicted octanol–water partition coefficient (Wildman–Crippen LogP) is -4.63. The number of carboxylic acid groups (broad SMARTS) is 2. The molecule has 1 unspecified atom stereocenters. The number of carboxylic acids is 2. The Morgan fingerprint density at radius 1 is 0.817 bits per heavy atom. The highest BCUT2D eigenvalue weighted by molar-refractivity contribution is 7.99. The molecule has 7 atom stereocenters. The number of ether oxygens (including phenoxy) is 1. The first-order valence-corrected chi connectivity index (χ1v) is 27.8. The molecule has 3 aliphatic rings. The highest BCUT2D eigenvalue weighted by Crippen LogP contribution is 2.31. The fourth-order valence-electron chi connectivity index (χ4n) is 9.43. The number of hydrogen-bond acceptors (Lipinski definition) is 18. The molecule has 3 aliphatic heterocycles. The second kappa shape index (κ2) is 31.1. The zero-order valence-corrected chi connectivity index (χ0v) is 46.3. The average Bonchev–Trinajstić information content (AvgIpc) is 4.46. The fourth-order valence-corrected chi connectivity index (χ4v) is 10.3. The van der Waals surface area contributed by atoms with E-state index in [1.165, 1.54) is 36.1 Å². The van der Waals surface area contributed by atoms with E-state index in [0.717, 1.165) is 11.3 Å². The Hall–Kier alpha value is -8.19. The topological polar surface area (TPSA) is 446 Å². The van der Waals surface area contributed by atoms with Crippen molar-refractivity contribution in [3.63, 3.8) is 0 Å². The molecule has 448 valence electrons. The van der Waals surface area contributed by atoms with Crippen molar-refractivity contribution in [1.82, 2.24) is 61.9 Å². The number of primary amides is 1. The number of benzene rings is 1. The number of aliphatic carboxylic acids is 2. The van der Waals surface area contributed by atoms with Gasteiger partial charge in [-0.15, -0.1) is 0 Å². The first-order valence-electron chi connectivity index (χ1n) is 26.6. The summed E-state index contributed by atoms with van der Waals surface area (Å²) in [5, 5.41) is 35.8. The Bertz CT molecular complexity index is 2660. The number of amides is 11. The van der Waals surface area contributed by atoms with Gasteiger partial charge in [0.15, 0.2) is 0 Å². The maximum Gasteiger partial charge on any atom is 0.326 e. The summed E-state index contributed by atoms with van der Waals surface area (Å²) in [6.45, 7) is 0.842. The predicted molar refractivity (Wildman–Crippen MR) is 289 cm³/mol. The Labute approximate surface area is 475 Å². The molecule has 5 rings (SSSR count). The standard InChI is InChI=1S/C51H72N14O16S/c1-51(50(80)62-32(12-13-38(53)66)44(73)56-26-42(70)64-16-4-7-41(64)69)14-5-17-65(51)48(77)34(21-30-24-54-28-57-30)60-46(75)33(58-39(67)23-52)20-29-8-10-31(11-9-29)81-18-19-82-27-36(61-47(76)37-6-3-15-63(37)2)45(74)55-25-40(68)59-35(49(78)79)22-43(71)72/h8-11,24,28,32-37H,3-7,12-23,25-27,52H2,1-2H3,(H2,53,66)(H,54,57)(H,55,74)(H,56,73)(H,58,67)(H,59,68)(H,60,75)(H,61,76)(H,62,80)(H,71,72)(H,78,79)/t32-,33-,34+,35+,36+,37-,51?/m0/s1. The van der Waals surface area contributed by atoms with Gasteiger partial charge in [0.25, 0.3) is 0 Å². The molecule has 0 bridgehead atoms. The Balaban J connectivity index is 1.21. The number of nitrogens with two attached hydrogens (primary N) is 2. The summed E-state index contributed by atoms with van der Waals surface area (Å²) in [5.41, 5.74) is 10.4. The second-order valence-corrected chi connectivity index (χ2v) is 21.2. The molecule has 0 saturated carbocycles. The van der Waals surface area contributed by atoms with Crippen LogP contribution in [0.3, 0.4) is 0 Å². The number of nitrogens with one attached hydrogen (secondary N) is 8. The van der Waals surface area contributed by atoms with Gasteiger partial charge in [-0.3, -0.25) is 67.3 Å². The molecule has 4 heterocycles. The Kier molecular flexibility index (Phi) is 24.5. The van der Waals surface area contributed by atoms with Crippen LogP contribution in [0.5, 0.6) is 5.75 Å². The number of rotatable bonds is 32. The minimum atomic E-state index is -1.73. The quantitative estimate of drug-likeness (QED) is 0.0307. The van der Waals surface area contributed by atoms with Gasteiger partial charge in [0.05, 0.1) is 45.0 Å².